The highest BCUT2D eigenvalue weighted by atomic mass is 15.6. The number of rotatable bonds is 6. The van der Waals surface area contributed by atoms with Crippen LogP contribution in [0.4, 0.5) is 0 Å². The average Bonchev–Trinajstić information content (AvgIpc) is 2.24. The topological polar surface area (TPSA) is 39.3 Å². The van der Waals surface area contributed by atoms with E-state index in [0.29, 0.717) is 6.17 Å². The first-order valence-electron chi connectivity index (χ1n) is 5.82. The number of hydrogen-bond acceptors (Lipinski definition) is 4. The Labute approximate surface area is 87.4 Å². The third-order valence-corrected chi connectivity index (χ3v) is 2.44. The van der Waals surface area contributed by atoms with Crippen molar-refractivity contribution in [1.29, 1.82) is 0 Å². The number of hydrogen-bond donors (Lipinski definition) is 3. The van der Waals surface area contributed by atoms with Crippen LogP contribution in [0, 0.1) is 0 Å². The van der Waals surface area contributed by atoms with Crippen molar-refractivity contribution in [2.24, 2.45) is 0 Å². The second-order valence-electron chi connectivity index (χ2n) is 3.78. The molecule has 4 heteroatoms. The predicted molar refractivity (Wildman–Crippen MR) is 60.0 cm³/mol. The molecule has 0 aliphatic carbocycles. The van der Waals surface area contributed by atoms with Crippen LogP contribution >= 0.6 is 0 Å². The van der Waals surface area contributed by atoms with Crippen molar-refractivity contribution in [3.8, 4) is 0 Å². The molecular formula is C10H24N4. The zero-order valence-electron chi connectivity index (χ0n) is 9.47. The van der Waals surface area contributed by atoms with Crippen molar-refractivity contribution in [1.82, 2.24) is 21.1 Å². The van der Waals surface area contributed by atoms with E-state index in [1.54, 1.807) is 0 Å². The molecule has 1 unspecified atom stereocenters. The zero-order chi connectivity index (χ0) is 10.2. The Bertz CT molecular complexity index is 124. The van der Waals surface area contributed by atoms with Gasteiger partial charge in [0.1, 0.15) is 0 Å². The van der Waals surface area contributed by atoms with Gasteiger partial charge in [-0.1, -0.05) is 13.8 Å². The Morgan fingerprint density at radius 2 is 2.07 bits per heavy atom. The van der Waals surface area contributed by atoms with Gasteiger partial charge in [0.25, 0.3) is 0 Å². The largest absolute Gasteiger partial charge is 0.312 e. The van der Waals surface area contributed by atoms with Crippen molar-refractivity contribution in [2.45, 2.75) is 32.9 Å². The highest BCUT2D eigenvalue weighted by Crippen LogP contribution is 1.96. The first-order chi connectivity index (χ1) is 6.88. The van der Waals surface area contributed by atoms with Gasteiger partial charge in [0, 0.05) is 26.2 Å². The molecule has 1 fully saturated rings. The van der Waals surface area contributed by atoms with Crippen LogP contribution in [-0.4, -0.2) is 43.9 Å². The minimum Gasteiger partial charge on any atom is -0.312 e. The van der Waals surface area contributed by atoms with Crippen LogP contribution in [-0.2, 0) is 0 Å². The highest BCUT2D eigenvalue weighted by molar-refractivity contribution is 4.75. The Kier molecular flexibility index (Phi) is 6.10. The van der Waals surface area contributed by atoms with Crippen LogP contribution in [0.3, 0.4) is 0 Å². The lowest BCUT2D eigenvalue weighted by Crippen LogP contribution is -2.62. The van der Waals surface area contributed by atoms with E-state index in [1.165, 1.54) is 12.8 Å². The third-order valence-electron chi connectivity index (χ3n) is 2.44. The maximum atomic E-state index is 3.53. The van der Waals surface area contributed by atoms with Crippen LogP contribution in [0.25, 0.3) is 0 Å². The van der Waals surface area contributed by atoms with Gasteiger partial charge in [-0.25, -0.2) is 5.01 Å². The van der Waals surface area contributed by atoms with Crippen molar-refractivity contribution in [3.63, 3.8) is 0 Å². The van der Waals surface area contributed by atoms with Gasteiger partial charge >= 0.3 is 0 Å². The summed E-state index contributed by atoms with van der Waals surface area (Å²) in [6.07, 6.45) is 2.83. The van der Waals surface area contributed by atoms with Crippen LogP contribution in [0.2, 0.25) is 0 Å². The lowest BCUT2D eigenvalue weighted by Gasteiger charge is -2.36. The molecule has 1 aliphatic rings. The van der Waals surface area contributed by atoms with Gasteiger partial charge in [-0.05, 0) is 19.4 Å². The fourth-order valence-electron chi connectivity index (χ4n) is 1.64. The summed E-state index contributed by atoms with van der Waals surface area (Å²) < 4.78 is 0. The van der Waals surface area contributed by atoms with Gasteiger partial charge in [-0.15, -0.1) is 0 Å². The van der Waals surface area contributed by atoms with E-state index in [2.05, 4.69) is 34.9 Å². The molecular weight excluding hydrogens is 176 g/mol. The first kappa shape index (κ1) is 11.9. The van der Waals surface area contributed by atoms with Gasteiger partial charge in [0.15, 0.2) is 0 Å². The Hall–Kier alpha value is -0.160. The van der Waals surface area contributed by atoms with E-state index in [-0.39, 0.29) is 0 Å². The summed E-state index contributed by atoms with van der Waals surface area (Å²) in [7, 11) is 0. The van der Waals surface area contributed by atoms with E-state index in [4.69, 9.17) is 0 Å². The summed E-state index contributed by atoms with van der Waals surface area (Å²) in [5, 5.41) is 9.27. The quantitative estimate of drug-likeness (QED) is 0.570. The zero-order valence-corrected chi connectivity index (χ0v) is 9.47. The molecule has 84 valence electrons. The lowest BCUT2D eigenvalue weighted by atomic mass is 10.3. The highest BCUT2D eigenvalue weighted by Gasteiger charge is 2.20. The fourth-order valence-corrected chi connectivity index (χ4v) is 1.64. The minimum atomic E-state index is 0.454. The average molecular weight is 200 g/mol. The molecule has 0 saturated carbocycles. The third kappa shape index (κ3) is 3.92. The molecule has 1 atom stereocenters. The monoisotopic (exact) mass is 200 g/mol. The summed E-state index contributed by atoms with van der Waals surface area (Å²) >= 11 is 0. The SMILES string of the molecule is CCCNC1CNCCN1NCCC. The van der Waals surface area contributed by atoms with Crippen molar-refractivity contribution < 1.29 is 0 Å². The molecule has 4 nitrogen and oxygen atoms in total. The summed E-state index contributed by atoms with van der Waals surface area (Å²) in [5.41, 5.74) is 3.46. The van der Waals surface area contributed by atoms with E-state index in [0.717, 1.165) is 32.7 Å². The van der Waals surface area contributed by atoms with E-state index in [1.807, 2.05) is 0 Å². The van der Waals surface area contributed by atoms with Crippen molar-refractivity contribution in [3.05, 3.63) is 0 Å². The minimum absolute atomic E-state index is 0.454. The molecule has 1 heterocycles. The Morgan fingerprint density at radius 3 is 2.79 bits per heavy atom. The summed E-state index contributed by atoms with van der Waals surface area (Å²) in [4.78, 5) is 0. The molecule has 0 spiro atoms. The van der Waals surface area contributed by atoms with Crippen LogP contribution in [0.1, 0.15) is 26.7 Å². The van der Waals surface area contributed by atoms with E-state index < -0.39 is 0 Å². The molecule has 0 radical (unpaired) electrons. The predicted octanol–water partition coefficient (Wildman–Crippen LogP) is 0.132. The summed E-state index contributed by atoms with van der Waals surface area (Å²) in [6.45, 7) is 9.77. The molecule has 0 aromatic carbocycles. The summed E-state index contributed by atoms with van der Waals surface area (Å²) in [5.74, 6) is 0. The molecule has 14 heavy (non-hydrogen) atoms. The van der Waals surface area contributed by atoms with Crippen molar-refractivity contribution >= 4 is 0 Å². The molecule has 1 saturated heterocycles. The van der Waals surface area contributed by atoms with Crippen molar-refractivity contribution in [2.75, 3.05) is 32.7 Å². The van der Waals surface area contributed by atoms with Crippen LogP contribution in [0.15, 0.2) is 0 Å². The van der Waals surface area contributed by atoms with Crippen LogP contribution in [0.5, 0.6) is 0 Å². The maximum Gasteiger partial charge on any atom is 0.0859 e. The van der Waals surface area contributed by atoms with Gasteiger partial charge in [0.05, 0.1) is 6.17 Å². The molecule has 0 bridgehead atoms. The number of piperazine rings is 1. The molecule has 1 aliphatic heterocycles. The molecule has 3 N–H and O–H groups in total. The second-order valence-corrected chi connectivity index (χ2v) is 3.78. The molecule has 0 aromatic rings. The Balaban J connectivity index is 2.26. The number of nitrogens with one attached hydrogen (secondary N) is 3. The van der Waals surface area contributed by atoms with Gasteiger partial charge in [-0.2, -0.15) is 0 Å². The normalized spacial score (nSPS) is 24.0. The lowest BCUT2D eigenvalue weighted by molar-refractivity contribution is 0.0760. The smallest absolute Gasteiger partial charge is 0.0859 e. The number of hydrazine groups is 1. The number of nitrogens with zero attached hydrogens (tertiary/aromatic N) is 1. The van der Waals surface area contributed by atoms with Crippen LogP contribution < -0.4 is 16.1 Å². The van der Waals surface area contributed by atoms with Gasteiger partial charge < -0.3 is 5.32 Å². The molecule has 0 aromatic heterocycles. The fraction of sp³-hybridized carbons (Fsp3) is 1.00. The van der Waals surface area contributed by atoms with E-state index >= 15 is 0 Å². The van der Waals surface area contributed by atoms with Gasteiger partial charge in [-0.3, -0.25) is 10.7 Å². The van der Waals surface area contributed by atoms with Gasteiger partial charge in [0.2, 0.25) is 0 Å². The molecule has 1 rings (SSSR count). The maximum absolute atomic E-state index is 3.53. The second kappa shape index (κ2) is 7.17. The van der Waals surface area contributed by atoms with E-state index in [9.17, 15) is 0 Å². The summed E-state index contributed by atoms with van der Waals surface area (Å²) in [6, 6.07) is 0. The first-order valence-corrected chi connectivity index (χ1v) is 5.82. The standard InChI is InChI=1S/C10H24N4/c1-3-5-12-10-9-11-7-8-14(10)13-6-4-2/h10-13H,3-9H2,1-2H3. The Morgan fingerprint density at radius 1 is 1.29 bits per heavy atom. The molecule has 0 amide bonds.